The highest BCUT2D eigenvalue weighted by atomic mass is 35.5. The van der Waals surface area contributed by atoms with Gasteiger partial charge >= 0.3 is 5.97 Å². The number of hydrogen-bond donors (Lipinski definition) is 1. The largest absolute Gasteiger partial charge is 0.476 e. The van der Waals surface area contributed by atoms with E-state index >= 15 is 0 Å². The molecular weight excluding hydrogens is 274 g/mol. The second-order valence-electron chi connectivity index (χ2n) is 3.78. The number of nitrogens with zero attached hydrogens (tertiary/aromatic N) is 3. The van der Waals surface area contributed by atoms with Crippen LogP contribution in [0.15, 0.2) is 24.3 Å². The van der Waals surface area contributed by atoms with Gasteiger partial charge in [-0.05, 0) is 25.1 Å². The molecule has 0 saturated heterocycles. The lowest BCUT2D eigenvalue weighted by atomic mass is 10.2. The zero-order valence-corrected chi connectivity index (χ0v) is 10.5. The fraction of sp³-hybridized carbons (Fsp3) is 0.0909. The van der Waals surface area contributed by atoms with Crippen molar-refractivity contribution >= 4 is 23.3 Å². The van der Waals surface area contributed by atoms with E-state index in [1.54, 1.807) is 6.92 Å². The standard InChI is InChI=1S/C11H8ClN3O4/c1-6-4-8(11(16)17)13-14(6)10-5-7(12)2-3-9(10)15(18)19/h2-5H,1H3,(H,16,17). The summed E-state index contributed by atoms with van der Waals surface area (Å²) in [5.74, 6) is -1.20. The minimum atomic E-state index is -1.20. The Balaban J connectivity index is 2.67. The van der Waals surface area contributed by atoms with Crippen LogP contribution >= 0.6 is 11.6 Å². The topological polar surface area (TPSA) is 98.3 Å². The van der Waals surface area contributed by atoms with Gasteiger partial charge < -0.3 is 5.11 Å². The molecule has 98 valence electrons. The predicted octanol–water partition coefficient (Wildman–Crippen LogP) is 2.44. The average molecular weight is 282 g/mol. The molecule has 0 spiro atoms. The summed E-state index contributed by atoms with van der Waals surface area (Å²) in [4.78, 5) is 21.2. The van der Waals surface area contributed by atoms with Gasteiger partial charge in [0.25, 0.3) is 5.69 Å². The van der Waals surface area contributed by atoms with Gasteiger partial charge in [0, 0.05) is 16.8 Å². The Morgan fingerprint density at radius 1 is 1.47 bits per heavy atom. The van der Waals surface area contributed by atoms with E-state index in [4.69, 9.17) is 16.7 Å². The summed E-state index contributed by atoms with van der Waals surface area (Å²) in [7, 11) is 0. The minimum absolute atomic E-state index is 0.127. The normalized spacial score (nSPS) is 10.4. The molecule has 1 N–H and O–H groups in total. The molecule has 8 heteroatoms. The van der Waals surface area contributed by atoms with Gasteiger partial charge in [0.2, 0.25) is 0 Å². The number of nitro benzene ring substituents is 1. The molecule has 1 aromatic heterocycles. The van der Waals surface area contributed by atoms with Gasteiger partial charge in [-0.15, -0.1) is 0 Å². The van der Waals surface area contributed by atoms with Crippen LogP contribution in [-0.4, -0.2) is 25.8 Å². The highest BCUT2D eigenvalue weighted by Crippen LogP contribution is 2.27. The quantitative estimate of drug-likeness (QED) is 0.688. The maximum Gasteiger partial charge on any atom is 0.356 e. The Hall–Kier alpha value is -2.41. The summed E-state index contributed by atoms with van der Waals surface area (Å²) in [5.41, 5.74) is 0.199. The summed E-state index contributed by atoms with van der Waals surface area (Å²) >= 11 is 5.81. The molecule has 0 amide bonds. The first-order valence-electron chi connectivity index (χ1n) is 5.14. The van der Waals surface area contributed by atoms with Crippen molar-refractivity contribution in [2.24, 2.45) is 0 Å². The van der Waals surface area contributed by atoms with E-state index in [9.17, 15) is 14.9 Å². The van der Waals surface area contributed by atoms with Gasteiger partial charge in [0.15, 0.2) is 5.69 Å². The van der Waals surface area contributed by atoms with Crippen LogP contribution in [0, 0.1) is 17.0 Å². The third kappa shape index (κ3) is 2.41. The Morgan fingerprint density at radius 2 is 2.16 bits per heavy atom. The lowest BCUT2D eigenvalue weighted by Crippen LogP contribution is -2.05. The number of rotatable bonds is 3. The zero-order chi connectivity index (χ0) is 14.2. The second-order valence-corrected chi connectivity index (χ2v) is 4.21. The molecule has 19 heavy (non-hydrogen) atoms. The summed E-state index contributed by atoms with van der Waals surface area (Å²) in [5, 5.41) is 23.9. The van der Waals surface area contributed by atoms with Gasteiger partial charge in [-0.3, -0.25) is 10.1 Å². The number of carbonyl (C=O) groups is 1. The van der Waals surface area contributed by atoms with Crippen LogP contribution < -0.4 is 0 Å². The number of aryl methyl sites for hydroxylation is 1. The first kappa shape index (κ1) is 13.0. The number of benzene rings is 1. The first-order valence-corrected chi connectivity index (χ1v) is 5.52. The van der Waals surface area contributed by atoms with Crippen LogP contribution in [-0.2, 0) is 0 Å². The van der Waals surface area contributed by atoms with E-state index in [0.717, 1.165) is 0 Å². The molecular formula is C11H8ClN3O4. The fourth-order valence-corrected chi connectivity index (χ4v) is 1.81. The van der Waals surface area contributed by atoms with E-state index in [1.165, 1.54) is 28.9 Å². The Kier molecular flexibility index (Phi) is 3.22. The van der Waals surface area contributed by atoms with Crippen LogP contribution in [0.3, 0.4) is 0 Å². The van der Waals surface area contributed by atoms with Crippen LogP contribution in [0.2, 0.25) is 5.02 Å². The summed E-state index contributed by atoms with van der Waals surface area (Å²) < 4.78 is 1.19. The lowest BCUT2D eigenvalue weighted by Gasteiger charge is -2.05. The average Bonchev–Trinajstić information content (AvgIpc) is 2.71. The van der Waals surface area contributed by atoms with Crippen LogP contribution in [0.1, 0.15) is 16.2 Å². The van der Waals surface area contributed by atoms with Crippen molar-refractivity contribution in [2.75, 3.05) is 0 Å². The molecule has 0 atom stereocenters. The van der Waals surface area contributed by atoms with Crippen molar-refractivity contribution in [2.45, 2.75) is 6.92 Å². The minimum Gasteiger partial charge on any atom is -0.476 e. The molecule has 7 nitrogen and oxygen atoms in total. The Morgan fingerprint density at radius 3 is 2.68 bits per heavy atom. The van der Waals surface area contributed by atoms with Gasteiger partial charge in [-0.25, -0.2) is 9.48 Å². The van der Waals surface area contributed by atoms with Gasteiger partial charge in [-0.2, -0.15) is 5.10 Å². The second kappa shape index (κ2) is 4.69. The fourth-order valence-electron chi connectivity index (χ4n) is 1.64. The maximum absolute atomic E-state index is 11.0. The van der Waals surface area contributed by atoms with Crippen LogP contribution in [0.4, 0.5) is 5.69 Å². The highest BCUT2D eigenvalue weighted by molar-refractivity contribution is 6.30. The molecule has 1 aromatic carbocycles. The number of aromatic nitrogens is 2. The van der Waals surface area contributed by atoms with Gasteiger partial charge in [-0.1, -0.05) is 11.6 Å². The van der Waals surface area contributed by atoms with Crippen molar-refractivity contribution in [3.8, 4) is 5.69 Å². The monoisotopic (exact) mass is 281 g/mol. The van der Waals surface area contributed by atoms with E-state index in [2.05, 4.69) is 5.10 Å². The molecule has 0 radical (unpaired) electrons. The van der Waals surface area contributed by atoms with Crippen molar-refractivity contribution < 1.29 is 14.8 Å². The molecule has 2 rings (SSSR count). The number of nitro groups is 1. The van der Waals surface area contributed by atoms with E-state index in [0.29, 0.717) is 10.7 Å². The van der Waals surface area contributed by atoms with Crippen molar-refractivity contribution in [3.63, 3.8) is 0 Å². The van der Waals surface area contributed by atoms with Gasteiger partial charge in [0.05, 0.1) is 4.92 Å². The van der Waals surface area contributed by atoms with E-state index < -0.39 is 10.9 Å². The lowest BCUT2D eigenvalue weighted by molar-refractivity contribution is -0.384. The van der Waals surface area contributed by atoms with Crippen molar-refractivity contribution in [3.05, 3.63) is 50.8 Å². The number of aromatic carboxylic acids is 1. The Labute approximate surface area is 112 Å². The summed E-state index contributed by atoms with van der Waals surface area (Å²) in [6, 6.07) is 5.33. The molecule has 1 heterocycles. The molecule has 0 bridgehead atoms. The van der Waals surface area contributed by atoms with E-state index in [-0.39, 0.29) is 17.1 Å². The number of hydrogen-bond acceptors (Lipinski definition) is 4. The smallest absolute Gasteiger partial charge is 0.356 e. The summed E-state index contributed by atoms with van der Waals surface area (Å²) in [6.45, 7) is 1.60. The number of carboxylic acid groups (broad SMARTS) is 1. The Bertz CT molecular complexity index is 681. The van der Waals surface area contributed by atoms with Crippen molar-refractivity contribution in [1.29, 1.82) is 0 Å². The zero-order valence-electron chi connectivity index (χ0n) is 9.70. The third-order valence-corrected chi connectivity index (χ3v) is 2.70. The van der Waals surface area contributed by atoms with Crippen LogP contribution in [0.25, 0.3) is 5.69 Å². The number of carboxylic acids is 1. The SMILES string of the molecule is Cc1cc(C(=O)O)nn1-c1cc(Cl)ccc1[N+](=O)[O-]. The molecule has 0 aliphatic rings. The molecule has 0 unspecified atom stereocenters. The highest BCUT2D eigenvalue weighted by Gasteiger charge is 2.20. The van der Waals surface area contributed by atoms with Crippen LogP contribution in [0.5, 0.6) is 0 Å². The van der Waals surface area contributed by atoms with Crippen molar-refractivity contribution in [1.82, 2.24) is 9.78 Å². The molecule has 0 saturated carbocycles. The predicted molar refractivity (Wildman–Crippen MR) is 66.9 cm³/mol. The molecule has 0 aliphatic heterocycles. The molecule has 0 aliphatic carbocycles. The third-order valence-electron chi connectivity index (χ3n) is 2.47. The summed E-state index contributed by atoms with van der Waals surface area (Å²) in [6.07, 6.45) is 0. The maximum atomic E-state index is 11.0. The van der Waals surface area contributed by atoms with E-state index in [1.807, 2.05) is 0 Å². The van der Waals surface area contributed by atoms with Gasteiger partial charge in [0.1, 0.15) is 5.69 Å². The number of halogens is 1. The molecule has 0 fully saturated rings. The first-order chi connectivity index (χ1) is 8.90. The molecule has 2 aromatic rings.